The van der Waals surface area contributed by atoms with Crippen molar-refractivity contribution in [1.29, 1.82) is 0 Å². The van der Waals surface area contributed by atoms with Crippen LogP contribution in [0, 0.1) is 5.82 Å². The van der Waals surface area contributed by atoms with Crippen molar-refractivity contribution in [3.63, 3.8) is 0 Å². The number of aryl methyl sites for hydroxylation is 1. The molecule has 0 bridgehead atoms. The van der Waals surface area contributed by atoms with Crippen LogP contribution in [0.5, 0.6) is 0 Å². The molecule has 8 heteroatoms. The van der Waals surface area contributed by atoms with Gasteiger partial charge in [-0.2, -0.15) is 4.31 Å². The second-order valence-corrected chi connectivity index (χ2v) is 8.98. The minimum atomic E-state index is -3.76. The molecule has 0 saturated carbocycles. The van der Waals surface area contributed by atoms with Crippen molar-refractivity contribution in [2.45, 2.75) is 24.7 Å². The zero-order chi connectivity index (χ0) is 20.9. The zero-order valence-electron chi connectivity index (χ0n) is 16.5. The largest absolute Gasteiger partial charge is 0.376 e. The number of amides is 1. The highest BCUT2D eigenvalue weighted by Gasteiger charge is 2.30. The van der Waals surface area contributed by atoms with E-state index in [4.69, 9.17) is 0 Å². The predicted molar refractivity (Wildman–Crippen MR) is 111 cm³/mol. The molecule has 0 atom stereocenters. The summed E-state index contributed by atoms with van der Waals surface area (Å²) in [5.74, 6) is -0.667. The normalized spacial score (nSPS) is 15.3. The summed E-state index contributed by atoms with van der Waals surface area (Å²) in [5.41, 5.74) is 2.14. The number of sulfonamides is 1. The van der Waals surface area contributed by atoms with Crippen LogP contribution in [0.2, 0.25) is 0 Å². The number of halogens is 1. The molecular formula is C21H26FN3O3S. The van der Waals surface area contributed by atoms with E-state index in [1.165, 1.54) is 28.1 Å². The van der Waals surface area contributed by atoms with Crippen LogP contribution < -0.4 is 5.32 Å². The fourth-order valence-corrected chi connectivity index (χ4v) is 4.78. The molecule has 2 aromatic carbocycles. The molecule has 3 rings (SSSR count). The second kappa shape index (κ2) is 9.37. The fraction of sp³-hybridized carbons (Fsp3) is 0.381. The van der Waals surface area contributed by atoms with Crippen LogP contribution in [-0.4, -0.2) is 56.3 Å². The van der Waals surface area contributed by atoms with Crippen LogP contribution in [0.25, 0.3) is 0 Å². The smallest absolute Gasteiger partial charge is 0.243 e. The van der Waals surface area contributed by atoms with Crippen LogP contribution in [0.15, 0.2) is 53.4 Å². The van der Waals surface area contributed by atoms with Gasteiger partial charge in [-0.1, -0.05) is 31.5 Å². The van der Waals surface area contributed by atoms with E-state index in [1.54, 1.807) is 4.90 Å². The van der Waals surface area contributed by atoms with Gasteiger partial charge in [-0.25, -0.2) is 12.8 Å². The van der Waals surface area contributed by atoms with E-state index in [9.17, 15) is 17.6 Å². The Morgan fingerprint density at radius 3 is 2.38 bits per heavy atom. The number of hydrogen-bond acceptors (Lipinski definition) is 4. The highest BCUT2D eigenvalue weighted by molar-refractivity contribution is 7.89. The molecule has 1 N–H and O–H groups in total. The standard InChI is InChI=1S/C21H26FN3O3S/c1-2-4-17-7-9-19(10-8-17)23-16-21(26)24-11-13-25(14-12-24)29(27,28)20-6-3-5-18(22)15-20/h3,5-10,15,23H,2,4,11-14,16H2,1H3. The van der Waals surface area contributed by atoms with Gasteiger partial charge in [-0.15, -0.1) is 0 Å². The fourth-order valence-electron chi connectivity index (χ4n) is 3.32. The van der Waals surface area contributed by atoms with Gasteiger partial charge in [0.15, 0.2) is 0 Å². The van der Waals surface area contributed by atoms with E-state index in [0.717, 1.165) is 24.6 Å². The molecule has 29 heavy (non-hydrogen) atoms. The first-order valence-corrected chi connectivity index (χ1v) is 11.2. The zero-order valence-corrected chi connectivity index (χ0v) is 17.3. The molecule has 0 spiro atoms. The third-order valence-corrected chi connectivity index (χ3v) is 6.86. The molecule has 1 heterocycles. The number of benzene rings is 2. The van der Waals surface area contributed by atoms with E-state index in [0.29, 0.717) is 13.1 Å². The third-order valence-electron chi connectivity index (χ3n) is 4.96. The van der Waals surface area contributed by atoms with Crippen molar-refractivity contribution in [2.24, 2.45) is 0 Å². The van der Waals surface area contributed by atoms with Crippen molar-refractivity contribution in [2.75, 3.05) is 38.0 Å². The van der Waals surface area contributed by atoms with Gasteiger partial charge < -0.3 is 10.2 Å². The van der Waals surface area contributed by atoms with Crippen molar-refractivity contribution < 1.29 is 17.6 Å². The third kappa shape index (κ3) is 5.33. The number of nitrogens with zero attached hydrogens (tertiary/aromatic N) is 2. The monoisotopic (exact) mass is 419 g/mol. The predicted octanol–water partition coefficient (Wildman–Crippen LogP) is 2.72. The molecule has 0 aliphatic carbocycles. The maximum atomic E-state index is 13.4. The Labute approximate surface area is 171 Å². The lowest BCUT2D eigenvalue weighted by Crippen LogP contribution is -2.51. The van der Waals surface area contributed by atoms with E-state index < -0.39 is 15.8 Å². The van der Waals surface area contributed by atoms with E-state index >= 15 is 0 Å². The molecule has 1 aliphatic heterocycles. The number of hydrogen-bond donors (Lipinski definition) is 1. The maximum absolute atomic E-state index is 13.4. The number of carbonyl (C=O) groups is 1. The van der Waals surface area contributed by atoms with Crippen molar-refractivity contribution >= 4 is 21.6 Å². The summed E-state index contributed by atoms with van der Waals surface area (Å²) in [4.78, 5) is 14.0. The number of piperazine rings is 1. The number of nitrogens with one attached hydrogen (secondary N) is 1. The first-order valence-electron chi connectivity index (χ1n) is 9.76. The summed E-state index contributed by atoms with van der Waals surface area (Å²) < 4.78 is 40.0. The second-order valence-electron chi connectivity index (χ2n) is 7.04. The molecular weight excluding hydrogens is 393 g/mol. The van der Waals surface area contributed by atoms with Gasteiger partial charge >= 0.3 is 0 Å². The molecule has 1 fully saturated rings. The highest BCUT2D eigenvalue weighted by Crippen LogP contribution is 2.18. The summed E-state index contributed by atoms with van der Waals surface area (Å²) in [6.07, 6.45) is 2.12. The van der Waals surface area contributed by atoms with Gasteiger partial charge in [-0.3, -0.25) is 4.79 Å². The van der Waals surface area contributed by atoms with Crippen molar-refractivity contribution in [3.05, 3.63) is 59.9 Å². The Kier molecular flexibility index (Phi) is 6.87. The van der Waals surface area contributed by atoms with Crippen molar-refractivity contribution in [3.8, 4) is 0 Å². The van der Waals surface area contributed by atoms with Crippen LogP contribution >= 0.6 is 0 Å². The molecule has 1 amide bonds. The summed E-state index contributed by atoms with van der Waals surface area (Å²) in [5, 5.41) is 3.12. The van der Waals surface area contributed by atoms with Gasteiger partial charge in [0.2, 0.25) is 15.9 Å². The summed E-state index contributed by atoms with van der Waals surface area (Å²) >= 11 is 0. The molecule has 0 aromatic heterocycles. The first kappa shape index (κ1) is 21.3. The lowest BCUT2D eigenvalue weighted by Gasteiger charge is -2.34. The van der Waals surface area contributed by atoms with Crippen LogP contribution in [0.4, 0.5) is 10.1 Å². The summed E-state index contributed by atoms with van der Waals surface area (Å²) in [6.45, 7) is 3.29. The maximum Gasteiger partial charge on any atom is 0.243 e. The van der Waals surface area contributed by atoms with E-state index in [2.05, 4.69) is 12.2 Å². The first-order chi connectivity index (χ1) is 13.9. The summed E-state index contributed by atoms with van der Waals surface area (Å²) in [6, 6.07) is 13.0. The highest BCUT2D eigenvalue weighted by atomic mass is 32.2. The molecule has 2 aromatic rings. The molecule has 156 valence electrons. The van der Waals surface area contributed by atoms with Crippen LogP contribution in [0.3, 0.4) is 0 Å². The Hall–Kier alpha value is -2.45. The minimum Gasteiger partial charge on any atom is -0.376 e. The molecule has 1 saturated heterocycles. The average molecular weight is 420 g/mol. The molecule has 1 aliphatic rings. The summed E-state index contributed by atoms with van der Waals surface area (Å²) in [7, 11) is -3.76. The number of rotatable bonds is 7. The van der Waals surface area contributed by atoms with Crippen molar-refractivity contribution in [1.82, 2.24) is 9.21 Å². The minimum absolute atomic E-state index is 0.0644. The average Bonchev–Trinajstić information content (AvgIpc) is 2.73. The Morgan fingerprint density at radius 1 is 1.07 bits per heavy atom. The number of carbonyl (C=O) groups excluding carboxylic acids is 1. The molecule has 0 unspecified atom stereocenters. The van der Waals surface area contributed by atoms with Gasteiger partial charge in [-0.05, 0) is 42.3 Å². The lowest BCUT2D eigenvalue weighted by molar-refractivity contribution is -0.130. The number of anilines is 1. The quantitative estimate of drug-likeness (QED) is 0.749. The van der Waals surface area contributed by atoms with Crippen LogP contribution in [0.1, 0.15) is 18.9 Å². The van der Waals surface area contributed by atoms with E-state index in [-0.39, 0.29) is 30.4 Å². The Bertz CT molecular complexity index is 940. The van der Waals surface area contributed by atoms with Crippen LogP contribution in [-0.2, 0) is 21.2 Å². The van der Waals surface area contributed by atoms with Gasteiger partial charge in [0, 0.05) is 31.9 Å². The Balaban J connectivity index is 1.51. The van der Waals surface area contributed by atoms with E-state index in [1.807, 2.05) is 24.3 Å². The lowest BCUT2D eigenvalue weighted by atomic mass is 10.1. The van der Waals surface area contributed by atoms with Gasteiger partial charge in [0.05, 0.1) is 11.4 Å². The Morgan fingerprint density at radius 2 is 1.76 bits per heavy atom. The topological polar surface area (TPSA) is 69.7 Å². The molecule has 6 nitrogen and oxygen atoms in total. The molecule has 0 radical (unpaired) electrons. The van der Waals surface area contributed by atoms with Gasteiger partial charge in [0.25, 0.3) is 0 Å². The van der Waals surface area contributed by atoms with Gasteiger partial charge in [0.1, 0.15) is 5.82 Å². The SMILES string of the molecule is CCCc1ccc(NCC(=O)N2CCN(S(=O)(=O)c3cccc(F)c3)CC2)cc1.